The van der Waals surface area contributed by atoms with Gasteiger partial charge in [-0.15, -0.1) is 0 Å². The summed E-state index contributed by atoms with van der Waals surface area (Å²) >= 11 is 0. The Morgan fingerprint density at radius 2 is 2.06 bits per heavy atom. The Kier molecular flexibility index (Phi) is 4.02. The van der Waals surface area contributed by atoms with Crippen molar-refractivity contribution in [3.05, 3.63) is 35.9 Å². The van der Waals surface area contributed by atoms with E-state index in [1.807, 2.05) is 30.3 Å². The molecule has 0 heterocycles. The molecular formula is C15H19N. The second-order valence-corrected chi connectivity index (χ2v) is 4.56. The molecule has 1 heteroatoms. The van der Waals surface area contributed by atoms with Crippen molar-refractivity contribution in [2.45, 2.75) is 32.2 Å². The van der Waals surface area contributed by atoms with Crippen molar-refractivity contribution in [2.24, 2.45) is 5.92 Å². The number of nitrogens with one attached hydrogen (secondary N) is 1. The van der Waals surface area contributed by atoms with Crippen LogP contribution in [0.4, 0.5) is 0 Å². The van der Waals surface area contributed by atoms with Crippen LogP contribution in [-0.2, 0) is 0 Å². The lowest BCUT2D eigenvalue weighted by atomic mass is 10.1. The topological polar surface area (TPSA) is 12.0 Å². The van der Waals surface area contributed by atoms with Gasteiger partial charge in [0.25, 0.3) is 0 Å². The molecule has 0 spiro atoms. The summed E-state index contributed by atoms with van der Waals surface area (Å²) in [5.41, 5.74) is 1.10. The van der Waals surface area contributed by atoms with Gasteiger partial charge in [0.1, 0.15) is 0 Å². The fourth-order valence-electron chi connectivity index (χ4n) is 2.30. The van der Waals surface area contributed by atoms with Gasteiger partial charge in [-0.25, -0.2) is 0 Å². The fraction of sp³-hybridized carbons (Fsp3) is 0.467. The van der Waals surface area contributed by atoms with Crippen LogP contribution in [0.5, 0.6) is 0 Å². The largest absolute Gasteiger partial charge is 0.303 e. The minimum Gasteiger partial charge on any atom is -0.303 e. The molecular weight excluding hydrogens is 194 g/mol. The summed E-state index contributed by atoms with van der Waals surface area (Å²) in [5.74, 6) is 7.18. The molecule has 0 saturated heterocycles. The third kappa shape index (κ3) is 3.12. The average Bonchev–Trinajstić information content (AvgIpc) is 2.72. The first-order valence-corrected chi connectivity index (χ1v) is 6.13. The summed E-state index contributed by atoms with van der Waals surface area (Å²) < 4.78 is 0. The molecule has 1 fully saturated rings. The van der Waals surface area contributed by atoms with Crippen molar-refractivity contribution >= 4 is 0 Å². The maximum absolute atomic E-state index is 3.53. The Hall–Kier alpha value is -1.26. The van der Waals surface area contributed by atoms with E-state index in [4.69, 9.17) is 0 Å². The van der Waals surface area contributed by atoms with E-state index in [0.29, 0.717) is 6.04 Å². The lowest BCUT2D eigenvalue weighted by Crippen LogP contribution is -2.31. The van der Waals surface area contributed by atoms with E-state index in [0.717, 1.165) is 18.0 Å². The number of benzene rings is 1. The van der Waals surface area contributed by atoms with E-state index < -0.39 is 0 Å². The zero-order chi connectivity index (χ0) is 11.2. The van der Waals surface area contributed by atoms with Crippen LogP contribution in [0.2, 0.25) is 0 Å². The van der Waals surface area contributed by atoms with Crippen molar-refractivity contribution < 1.29 is 0 Å². The molecule has 1 aromatic rings. The molecule has 1 saturated carbocycles. The highest BCUT2D eigenvalue weighted by atomic mass is 14.9. The monoisotopic (exact) mass is 213 g/mol. The predicted molar refractivity (Wildman–Crippen MR) is 68.1 cm³/mol. The van der Waals surface area contributed by atoms with Crippen molar-refractivity contribution in [1.82, 2.24) is 5.32 Å². The van der Waals surface area contributed by atoms with Gasteiger partial charge in [0, 0.05) is 11.6 Å². The Morgan fingerprint density at radius 3 is 2.75 bits per heavy atom. The minimum absolute atomic E-state index is 0.685. The molecule has 1 aliphatic rings. The molecule has 0 aliphatic heterocycles. The molecule has 2 unspecified atom stereocenters. The first-order valence-electron chi connectivity index (χ1n) is 6.13. The zero-order valence-corrected chi connectivity index (χ0v) is 9.87. The second kappa shape index (κ2) is 5.72. The van der Waals surface area contributed by atoms with Crippen LogP contribution in [0.25, 0.3) is 0 Å². The maximum Gasteiger partial charge on any atom is 0.0582 e. The number of rotatable bonds is 2. The van der Waals surface area contributed by atoms with Crippen LogP contribution >= 0.6 is 0 Å². The lowest BCUT2D eigenvalue weighted by molar-refractivity contribution is 0.447. The van der Waals surface area contributed by atoms with Gasteiger partial charge in [-0.3, -0.25) is 0 Å². The third-order valence-corrected chi connectivity index (χ3v) is 3.32. The molecule has 0 radical (unpaired) electrons. The van der Waals surface area contributed by atoms with Gasteiger partial charge >= 0.3 is 0 Å². The number of hydrogen-bond acceptors (Lipinski definition) is 1. The summed E-state index contributed by atoms with van der Waals surface area (Å²) in [5, 5.41) is 3.53. The first-order chi connectivity index (χ1) is 7.86. The van der Waals surface area contributed by atoms with Crippen molar-refractivity contribution in [3.8, 4) is 11.8 Å². The van der Waals surface area contributed by atoms with Crippen molar-refractivity contribution in [1.29, 1.82) is 0 Å². The van der Waals surface area contributed by atoms with Crippen molar-refractivity contribution in [2.75, 3.05) is 6.54 Å². The number of hydrogen-bond donors (Lipinski definition) is 1. The molecule has 0 bridgehead atoms. The van der Waals surface area contributed by atoms with Crippen LogP contribution in [0.3, 0.4) is 0 Å². The van der Waals surface area contributed by atoms with Crippen LogP contribution in [0.1, 0.15) is 31.7 Å². The molecule has 2 rings (SSSR count). The van der Waals surface area contributed by atoms with Crippen LogP contribution in [0.15, 0.2) is 30.3 Å². The Labute approximate surface area is 98.3 Å². The zero-order valence-electron chi connectivity index (χ0n) is 9.87. The molecule has 0 amide bonds. The standard InChI is InChI=1S/C15H19N/c1-13-7-5-11-15(13)16-12-6-10-14-8-3-2-4-9-14/h2-4,8-9,13,15-16H,5,7,11-12H2,1H3. The van der Waals surface area contributed by atoms with Crippen LogP contribution < -0.4 is 5.32 Å². The Balaban J connectivity index is 1.78. The van der Waals surface area contributed by atoms with Gasteiger partial charge in [-0.2, -0.15) is 0 Å². The molecule has 1 nitrogen and oxygen atoms in total. The van der Waals surface area contributed by atoms with Gasteiger partial charge in [0.05, 0.1) is 6.54 Å². The Bertz CT molecular complexity index is 371. The summed E-state index contributed by atoms with van der Waals surface area (Å²) in [7, 11) is 0. The van der Waals surface area contributed by atoms with E-state index in [-0.39, 0.29) is 0 Å². The predicted octanol–water partition coefficient (Wildman–Crippen LogP) is 2.82. The van der Waals surface area contributed by atoms with Crippen LogP contribution in [-0.4, -0.2) is 12.6 Å². The van der Waals surface area contributed by atoms with Gasteiger partial charge in [0.15, 0.2) is 0 Å². The first kappa shape index (κ1) is 11.2. The van der Waals surface area contributed by atoms with Gasteiger partial charge < -0.3 is 5.32 Å². The van der Waals surface area contributed by atoms with Gasteiger partial charge in [-0.05, 0) is 30.9 Å². The second-order valence-electron chi connectivity index (χ2n) is 4.56. The molecule has 1 aromatic carbocycles. The highest BCUT2D eigenvalue weighted by Gasteiger charge is 2.21. The Morgan fingerprint density at radius 1 is 1.25 bits per heavy atom. The molecule has 2 atom stereocenters. The minimum atomic E-state index is 0.685. The van der Waals surface area contributed by atoms with Gasteiger partial charge in [0.2, 0.25) is 0 Å². The third-order valence-electron chi connectivity index (χ3n) is 3.32. The highest BCUT2D eigenvalue weighted by molar-refractivity contribution is 5.33. The molecule has 0 aromatic heterocycles. The lowest BCUT2D eigenvalue weighted by Gasteiger charge is -2.14. The smallest absolute Gasteiger partial charge is 0.0582 e. The van der Waals surface area contributed by atoms with E-state index in [2.05, 4.69) is 24.1 Å². The average molecular weight is 213 g/mol. The van der Waals surface area contributed by atoms with E-state index in [1.54, 1.807) is 0 Å². The molecule has 1 N–H and O–H groups in total. The highest BCUT2D eigenvalue weighted by Crippen LogP contribution is 2.24. The van der Waals surface area contributed by atoms with E-state index in [1.165, 1.54) is 19.3 Å². The van der Waals surface area contributed by atoms with E-state index in [9.17, 15) is 0 Å². The molecule has 84 valence electrons. The SMILES string of the molecule is CC1CCCC1NCC#Cc1ccccc1. The quantitative estimate of drug-likeness (QED) is 0.745. The summed E-state index contributed by atoms with van der Waals surface area (Å²) in [4.78, 5) is 0. The van der Waals surface area contributed by atoms with Gasteiger partial charge in [-0.1, -0.05) is 43.4 Å². The summed E-state index contributed by atoms with van der Waals surface area (Å²) in [6.07, 6.45) is 4.04. The normalized spacial score (nSPS) is 23.8. The van der Waals surface area contributed by atoms with Crippen molar-refractivity contribution in [3.63, 3.8) is 0 Å². The maximum atomic E-state index is 3.53. The van der Waals surface area contributed by atoms with E-state index >= 15 is 0 Å². The van der Waals surface area contributed by atoms with Crippen LogP contribution in [0, 0.1) is 17.8 Å². The summed E-state index contributed by atoms with van der Waals surface area (Å²) in [6.45, 7) is 3.14. The summed E-state index contributed by atoms with van der Waals surface area (Å²) in [6, 6.07) is 10.8. The molecule has 16 heavy (non-hydrogen) atoms. The fourth-order valence-corrected chi connectivity index (χ4v) is 2.30. The molecule has 1 aliphatic carbocycles.